The van der Waals surface area contributed by atoms with E-state index >= 15 is 0 Å². The van der Waals surface area contributed by atoms with E-state index in [-0.39, 0.29) is 55.8 Å². The first-order valence-electron chi connectivity index (χ1n) is 5.94. The Morgan fingerprint density at radius 3 is 2.05 bits per heavy atom. The standard InChI is InChI=1S/C11H15.C5H5.3ClH.V/c1-4-10-8-6-7-9(3)11(10)5-2;1-2-4-5-3-1;;;;/h6-8H,3-5H2,1-2H3;1-3H,4H2;3*1H;/q2*-1;;;;/p-3. The Morgan fingerprint density at radius 1 is 1.10 bits per heavy atom. The van der Waals surface area contributed by atoms with Crippen molar-refractivity contribution in [2.45, 2.75) is 33.1 Å². The van der Waals surface area contributed by atoms with Crippen LogP contribution in [0.5, 0.6) is 0 Å². The van der Waals surface area contributed by atoms with Crippen LogP contribution in [-0.2, 0) is 31.4 Å². The van der Waals surface area contributed by atoms with E-state index in [1.807, 2.05) is 12.2 Å². The molecule has 0 N–H and O–H groups in total. The summed E-state index contributed by atoms with van der Waals surface area (Å²) in [4.78, 5) is 0. The van der Waals surface area contributed by atoms with Crippen molar-refractivity contribution in [2.75, 3.05) is 0 Å². The summed E-state index contributed by atoms with van der Waals surface area (Å²) in [5, 5.41) is 0. The second kappa shape index (κ2) is 17.1. The van der Waals surface area contributed by atoms with Crippen molar-refractivity contribution in [2.24, 2.45) is 0 Å². The minimum atomic E-state index is 0. The van der Waals surface area contributed by atoms with E-state index < -0.39 is 0 Å². The fraction of sp³-hybridized carbons (Fsp3) is 0.312. The molecule has 0 saturated carbocycles. The SMILES string of the molecule is [C-]1=CC=CC1.[CH2-]c1cccc(CC)c1CC.[Cl-].[Cl-].[Cl-].[V]. The molecule has 2 rings (SSSR count). The summed E-state index contributed by atoms with van der Waals surface area (Å²) in [5.41, 5.74) is 4.06. The summed E-state index contributed by atoms with van der Waals surface area (Å²) < 4.78 is 0. The van der Waals surface area contributed by atoms with Crippen LogP contribution in [-0.4, -0.2) is 0 Å². The number of benzene rings is 1. The number of allylic oxidation sites excluding steroid dienone is 4. The van der Waals surface area contributed by atoms with Crippen LogP contribution >= 0.6 is 0 Å². The van der Waals surface area contributed by atoms with E-state index in [9.17, 15) is 0 Å². The van der Waals surface area contributed by atoms with Gasteiger partial charge in [-0.1, -0.05) is 26.3 Å². The quantitative estimate of drug-likeness (QED) is 0.460. The fourth-order valence-electron chi connectivity index (χ4n) is 1.81. The van der Waals surface area contributed by atoms with Crippen LogP contribution in [0.3, 0.4) is 0 Å². The Morgan fingerprint density at radius 2 is 1.75 bits per heavy atom. The molecule has 0 unspecified atom stereocenters. The summed E-state index contributed by atoms with van der Waals surface area (Å²) in [7, 11) is 0. The van der Waals surface area contributed by atoms with Gasteiger partial charge in [-0.05, 0) is 6.42 Å². The third-order valence-corrected chi connectivity index (χ3v) is 2.69. The molecular formula is C16H20Cl3V-5. The van der Waals surface area contributed by atoms with Gasteiger partial charge in [0.05, 0.1) is 0 Å². The Bertz CT molecular complexity index is 377. The van der Waals surface area contributed by atoms with E-state index in [4.69, 9.17) is 0 Å². The normalized spacial score (nSPS) is 9.90. The van der Waals surface area contributed by atoms with Crippen LogP contribution in [0.15, 0.2) is 36.4 Å². The zero-order chi connectivity index (χ0) is 11.8. The molecule has 1 radical (unpaired) electrons. The van der Waals surface area contributed by atoms with Crippen molar-refractivity contribution in [1.29, 1.82) is 0 Å². The largest absolute Gasteiger partial charge is 1.00 e. The second-order valence-electron chi connectivity index (χ2n) is 3.76. The molecule has 1 aromatic carbocycles. The van der Waals surface area contributed by atoms with E-state index in [2.05, 4.69) is 51.1 Å². The number of rotatable bonds is 2. The molecule has 115 valence electrons. The molecule has 20 heavy (non-hydrogen) atoms. The predicted molar refractivity (Wildman–Crippen MR) is 71.2 cm³/mol. The summed E-state index contributed by atoms with van der Waals surface area (Å²) >= 11 is 0. The molecule has 0 heterocycles. The molecular weight excluding hydrogens is 349 g/mol. The topological polar surface area (TPSA) is 0 Å². The smallest absolute Gasteiger partial charge is 0 e. The molecule has 0 saturated heterocycles. The van der Waals surface area contributed by atoms with Gasteiger partial charge in [0, 0.05) is 18.6 Å². The third kappa shape index (κ3) is 9.85. The van der Waals surface area contributed by atoms with Crippen molar-refractivity contribution < 1.29 is 55.8 Å². The average molecular weight is 370 g/mol. The molecule has 0 amide bonds. The number of aryl methyl sites for hydroxylation is 1. The Balaban J connectivity index is -0.000000124. The summed E-state index contributed by atoms with van der Waals surface area (Å²) in [6, 6.07) is 6.35. The molecule has 4 heteroatoms. The van der Waals surface area contributed by atoms with E-state index in [1.54, 1.807) is 0 Å². The predicted octanol–water partition coefficient (Wildman–Crippen LogP) is -4.69. The molecule has 0 nitrogen and oxygen atoms in total. The molecule has 1 aliphatic rings. The van der Waals surface area contributed by atoms with E-state index in [0.29, 0.717) is 0 Å². The van der Waals surface area contributed by atoms with Crippen LogP contribution in [0.4, 0.5) is 0 Å². The minimum Gasteiger partial charge on any atom is -1.00 e. The molecule has 0 fully saturated rings. The van der Waals surface area contributed by atoms with Gasteiger partial charge >= 0.3 is 0 Å². The van der Waals surface area contributed by atoms with Gasteiger partial charge in [0.1, 0.15) is 0 Å². The maximum Gasteiger partial charge on any atom is 0 e. The third-order valence-electron chi connectivity index (χ3n) is 2.69. The molecule has 0 aromatic heterocycles. The fourth-order valence-corrected chi connectivity index (χ4v) is 1.81. The average Bonchev–Trinajstić information content (AvgIpc) is 2.87. The molecule has 0 spiro atoms. The zero-order valence-electron chi connectivity index (χ0n) is 11.9. The molecule has 0 aliphatic heterocycles. The van der Waals surface area contributed by atoms with Crippen molar-refractivity contribution in [1.82, 2.24) is 0 Å². The van der Waals surface area contributed by atoms with Gasteiger partial charge in [-0.25, -0.2) is 12.2 Å². The number of hydrogen-bond acceptors (Lipinski definition) is 0. The van der Waals surface area contributed by atoms with Crippen LogP contribution < -0.4 is 37.2 Å². The first-order valence-corrected chi connectivity index (χ1v) is 5.94. The summed E-state index contributed by atoms with van der Waals surface area (Å²) in [6.45, 7) is 8.37. The van der Waals surface area contributed by atoms with Gasteiger partial charge in [-0.3, -0.25) is 6.08 Å². The van der Waals surface area contributed by atoms with Gasteiger partial charge < -0.3 is 37.2 Å². The second-order valence-corrected chi connectivity index (χ2v) is 3.76. The zero-order valence-corrected chi connectivity index (χ0v) is 15.5. The molecule has 1 aromatic rings. The van der Waals surface area contributed by atoms with E-state index in [1.165, 1.54) is 16.7 Å². The minimum absolute atomic E-state index is 0. The van der Waals surface area contributed by atoms with Crippen LogP contribution in [0.25, 0.3) is 0 Å². The molecule has 1 aliphatic carbocycles. The van der Waals surface area contributed by atoms with Gasteiger partial charge in [0.2, 0.25) is 0 Å². The van der Waals surface area contributed by atoms with Crippen LogP contribution in [0, 0.1) is 13.0 Å². The molecule has 0 atom stereocenters. The van der Waals surface area contributed by atoms with Crippen molar-refractivity contribution in [3.8, 4) is 0 Å². The van der Waals surface area contributed by atoms with Crippen LogP contribution in [0.2, 0.25) is 0 Å². The summed E-state index contributed by atoms with van der Waals surface area (Å²) in [5.74, 6) is 0. The number of halogens is 3. The van der Waals surface area contributed by atoms with Gasteiger partial charge in [-0.2, -0.15) is 24.6 Å². The van der Waals surface area contributed by atoms with Crippen molar-refractivity contribution >= 4 is 0 Å². The Kier molecular flexibility index (Phi) is 24.1. The van der Waals surface area contributed by atoms with Gasteiger partial charge in [0.25, 0.3) is 0 Å². The maximum absolute atomic E-state index is 4.00. The Labute approximate surface area is 154 Å². The molecule has 0 bridgehead atoms. The monoisotopic (exact) mass is 368 g/mol. The number of hydrogen-bond donors (Lipinski definition) is 0. The first kappa shape index (κ1) is 28.2. The van der Waals surface area contributed by atoms with E-state index in [0.717, 1.165) is 19.3 Å². The van der Waals surface area contributed by atoms with Crippen LogP contribution in [0.1, 0.15) is 37.0 Å². The van der Waals surface area contributed by atoms with Crippen molar-refractivity contribution in [3.63, 3.8) is 0 Å². The van der Waals surface area contributed by atoms with Gasteiger partial charge in [0.15, 0.2) is 0 Å². The van der Waals surface area contributed by atoms with Crippen molar-refractivity contribution in [3.05, 3.63) is 66.1 Å². The maximum atomic E-state index is 4.00. The summed E-state index contributed by atoms with van der Waals surface area (Å²) in [6.07, 6.45) is 12.2. The first-order chi connectivity index (χ1) is 7.79. The Hall–Kier alpha value is 0.0244. The van der Waals surface area contributed by atoms with Gasteiger partial charge in [-0.15, -0.1) is 23.6 Å².